The molecule has 0 aliphatic heterocycles. The van der Waals surface area contributed by atoms with Gasteiger partial charge in [0.25, 0.3) is 0 Å². The van der Waals surface area contributed by atoms with Gasteiger partial charge >= 0.3 is 11.9 Å². The summed E-state index contributed by atoms with van der Waals surface area (Å²) in [5.41, 5.74) is 3.73. The van der Waals surface area contributed by atoms with Crippen LogP contribution in [0.1, 0.15) is 11.1 Å². The van der Waals surface area contributed by atoms with Crippen LogP contribution < -0.4 is 16.5 Å². The first kappa shape index (κ1) is 20.0. The molecule has 4 rings (SSSR count). The summed E-state index contributed by atoms with van der Waals surface area (Å²) in [6, 6.07) is 10.5. The topological polar surface area (TPSA) is 85.0 Å². The second-order valence-corrected chi connectivity index (χ2v) is 7.18. The summed E-state index contributed by atoms with van der Waals surface area (Å²) in [5.74, 6) is -0.292. The molecule has 154 valence electrons. The number of fused-ring (bicyclic) bond motifs is 1. The Morgan fingerprint density at radius 3 is 2.70 bits per heavy atom. The van der Waals surface area contributed by atoms with Crippen LogP contribution in [0.3, 0.4) is 0 Å². The highest BCUT2D eigenvalue weighted by Crippen LogP contribution is 2.36. The zero-order chi connectivity index (χ0) is 21.5. The summed E-state index contributed by atoms with van der Waals surface area (Å²) in [4.78, 5) is 20.5. The minimum absolute atomic E-state index is 0.0550. The molecule has 4 aromatic rings. The zero-order valence-electron chi connectivity index (χ0n) is 15.3. The maximum absolute atomic E-state index is 13.1. The zero-order valence-corrected chi connectivity index (χ0v) is 16.9. The van der Waals surface area contributed by atoms with E-state index in [1.54, 1.807) is 31.2 Å². The summed E-state index contributed by atoms with van der Waals surface area (Å²) in [6.45, 7) is 1.72. The molecule has 2 aromatic heterocycles. The lowest BCUT2D eigenvalue weighted by Gasteiger charge is -2.13. The third kappa shape index (κ3) is 3.88. The average Bonchev–Trinajstić information content (AvgIpc) is 3.00. The van der Waals surface area contributed by atoms with Crippen LogP contribution in [0.15, 0.2) is 62.3 Å². The molecule has 0 aliphatic rings. The van der Waals surface area contributed by atoms with Crippen LogP contribution in [-0.4, -0.2) is 14.6 Å². The number of nitrogens with zero attached hydrogens (tertiary/aromatic N) is 3. The third-order valence-corrected chi connectivity index (χ3v) is 4.89. The van der Waals surface area contributed by atoms with Gasteiger partial charge in [-0.25, -0.2) is 9.78 Å². The molecule has 2 heterocycles. The maximum atomic E-state index is 13.1. The highest BCUT2D eigenvalue weighted by Gasteiger charge is 2.33. The van der Waals surface area contributed by atoms with Crippen LogP contribution in [0.5, 0.6) is 0 Å². The molecule has 0 aliphatic carbocycles. The van der Waals surface area contributed by atoms with E-state index in [2.05, 4.69) is 36.6 Å². The van der Waals surface area contributed by atoms with Crippen molar-refractivity contribution in [2.45, 2.75) is 13.1 Å². The number of benzene rings is 2. The van der Waals surface area contributed by atoms with Gasteiger partial charge in [0.05, 0.1) is 5.56 Å². The Morgan fingerprint density at radius 2 is 1.93 bits per heavy atom. The molecule has 0 saturated heterocycles. The number of oxazole rings is 1. The van der Waals surface area contributed by atoms with Gasteiger partial charge in [0.1, 0.15) is 5.52 Å². The number of hydrogen-bond donors (Lipinski definition) is 2. The predicted octanol–water partition coefficient (Wildman–Crippen LogP) is 5.09. The summed E-state index contributed by atoms with van der Waals surface area (Å²) >= 11 is 2.90. The number of nitrogens with one attached hydrogen (secondary N) is 2. The molecule has 0 atom stereocenters. The smallest absolute Gasteiger partial charge is 0.406 e. The molecule has 0 radical (unpaired) electrons. The molecule has 0 unspecified atom stereocenters. The van der Waals surface area contributed by atoms with E-state index in [0.717, 1.165) is 6.07 Å². The van der Waals surface area contributed by atoms with Crippen LogP contribution in [0.25, 0.3) is 11.1 Å². The first-order chi connectivity index (χ1) is 14.2. The van der Waals surface area contributed by atoms with Crippen molar-refractivity contribution in [1.29, 1.82) is 0 Å². The number of anilines is 3. The molecule has 30 heavy (non-hydrogen) atoms. The molecule has 11 heteroatoms. The molecule has 0 spiro atoms. The second-order valence-electron chi connectivity index (χ2n) is 6.33. The van der Waals surface area contributed by atoms with Crippen molar-refractivity contribution in [1.82, 2.24) is 14.6 Å². The van der Waals surface area contributed by atoms with Gasteiger partial charge in [-0.1, -0.05) is 28.1 Å². The van der Waals surface area contributed by atoms with Crippen molar-refractivity contribution >= 4 is 44.5 Å². The van der Waals surface area contributed by atoms with E-state index in [-0.39, 0.29) is 21.9 Å². The Bertz CT molecular complexity index is 1300. The first-order valence-electron chi connectivity index (χ1n) is 8.57. The number of hydrogen-bond acceptors (Lipinski definition) is 6. The molecule has 0 amide bonds. The van der Waals surface area contributed by atoms with E-state index in [4.69, 9.17) is 4.42 Å². The van der Waals surface area contributed by atoms with Gasteiger partial charge in [-0.15, -0.1) is 0 Å². The van der Waals surface area contributed by atoms with Gasteiger partial charge in [-0.3, -0.25) is 5.43 Å². The van der Waals surface area contributed by atoms with E-state index < -0.39 is 17.5 Å². The fourth-order valence-electron chi connectivity index (χ4n) is 2.74. The third-order valence-electron chi connectivity index (χ3n) is 4.20. The SMILES string of the molecule is Cc1cnc(Nc2ccc(Br)c(C(F)(F)F)c2)nc1Nn1c(=O)oc2ccccc21. The Balaban J connectivity index is 1.66. The summed E-state index contributed by atoms with van der Waals surface area (Å²) < 4.78 is 45.7. The lowest BCUT2D eigenvalue weighted by molar-refractivity contribution is -0.138. The van der Waals surface area contributed by atoms with Crippen molar-refractivity contribution in [2.75, 3.05) is 10.7 Å². The Kier molecular flexibility index (Phi) is 4.98. The highest BCUT2D eigenvalue weighted by atomic mass is 79.9. The van der Waals surface area contributed by atoms with Crippen molar-refractivity contribution in [3.05, 3.63) is 74.8 Å². The largest absolute Gasteiger partial charge is 0.439 e. The van der Waals surface area contributed by atoms with E-state index >= 15 is 0 Å². The molecular weight excluding hydrogens is 467 g/mol. The van der Waals surface area contributed by atoms with Crippen LogP contribution in [0.4, 0.5) is 30.6 Å². The lowest BCUT2D eigenvalue weighted by atomic mass is 10.2. The van der Waals surface area contributed by atoms with Crippen molar-refractivity contribution in [3.63, 3.8) is 0 Å². The first-order valence-corrected chi connectivity index (χ1v) is 9.37. The van der Waals surface area contributed by atoms with Gasteiger partial charge in [0, 0.05) is 21.9 Å². The van der Waals surface area contributed by atoms with Crippen molar-refractivity contribution < 1.29 is 17.6 Å². The fourth-order valence-corrected chi connectivity index (χ4v) is 3.21. The lowest BCUT2D eigenvalue weighted by Crippen LogP contribution is -2.23. The Morgan fingerprint density at radius 1 is 1.17 bits per heavy atom. The van der Waals surface area contributed by atoms with Gasteiger partial charge in [-0.2, -0.15) is 22.8 Å². The summed E-state index contributed by atoms with van der Waals surface area (Å²) in [6.07, 6.45) is -3.03. The quantitative estimate of drug-likeness (QED) is 0.423. The van der Waals surface area contributed by atoms with Crippen LogP contribution in [-0.2, 0) is 6.18 Å². The molecule has 0 bridgehead atoms. The van der Waals surface area contributed by atoms with Gasteiger partial charge in [-0.05, 0) is 37.3 Å². The minimum Gasteiger partial charge on any atom is -0.406 e. The number of halogens is 4. The molecular formula is C19H13BrF3N5O2. The Hall–Kier alpha value is -3.34. The number of alkyl halides is 3. The predicted molar refractivity (Wildman–Crippen MR) is 109 cm³/mol. The van der Waals surface area contributed by atoms with Crippen LogP contribution in [0, 0.1) is 6.92 Å². The van der Waals surface area contributed by atoms with Gasteiger partial charge in [0.15, 0.2) is 11.4 Å². The molecule has 2 aromatic carbocycles. The highest BCUT2D eigenvalue weighted by molar-refractivity contribution is 9.10. The minimum atomic E-state index is -4.51. The van der Waals surface area contributed by atoms with Gasteiger partial charge in [0.2, 0.25) is 5.95 Å². The summed E-state index contributed by atoms with van der Waals surface area (Å²) in [7, 11) is 0. The standard InChI is InChI=1S/C19H13BrF3N5O2/c1-10-9-24-17(25-11-6-7-13(20)12(8-11)19(21,22)23)26-16(10)27-28-14-4-2-3-5-15(14)30-18(28)29/h2-9H,1H3,(H2,24,25,26,27). The summed E-state index contributed by atoms with van der Waals surface area (Å²) in [5, 5.41) is 2.75. The van der Waals surface area contributed by atoms with Crippen molar-refractivity contribution in [3.8, 4) is 0 Å². The monoisotopic (exact) mass is 479 g/mol. The Labute approximate surface area is 175 Å². The molecule has 7 nitrogen and oxygen atoms in total. The maximum Gasteiger partial charge on any atom is 0.439 e. The van der Waals surface area contributed by atoms with E-state index in [1.165, 1.54) is 23.0 Å². The number of para-hydroxylation sites is 2. The van der Waals surface area contributed by atoms with Crippen LogP contribution >= 0.6 is 15.9 Å². The van der Waals surface area contributed by atoms with Gasteiger partial charge < -0.3 is 9.73 Å². The second kappa shape index (κ2) is 7.48. The molecule has 0 saturated carbocycles. The average molecular weight is 480 g/mol. The number of aromatic nitrogens is 3. The van der Waals surface area contributed by atoms with E-state index in [1.807, 2.05) is 0 Å². The number of aryl methyl sites for hydroxylation is 1. The van der Waals surface area contributed by atoms with E-state index in [0.29, 0.717) is 16.7 Å². The molecule has 2 N–H and O–H groups in total. The number of rotatable bonds is 4. The van der Waals surface area contributed by atoms with E-state index in [9.17, 15) is 18.0 Å². The normalized spacial score (nSPS) is 11.6. The van der Waals surface area contributed by atoms with Crippen LogP contribution in [0.2, 0.25) is 0 Å². The van der Waals surface area contributed by atoms with Crippen molar-refractivity contribution in [2.24, 2.45) is 0 Å². The molecule has 0 fully saturated rings. The fraction of sp³-hybridized carbons (Fsp3) is 0.105.